The zero-order valence-corrected chi connectivity index (χ0v) is 49.3. The molecule has 71 heavy (non-hydrogen) atoms. The highest BCUT2D eigenvalue weighted by Crippen LogP contribution is 2.24. The highest BCUT2D eigenvalue weighted by Gasteiger charge is 2.23. The van der Waals surface area contributed by atoms with E-state index in [1.54, 1.807) is 0 Å². The van der Waals surface area contributed by atoms with Gasteiger partial charge in [0.1, 0.15) is 0 Å². The number of amides is 1. The van der Waals surface area contributed by atoms with E-state index in [1.165, 1.54) is 225 Å². The normalized spacial score (nSPS) is 13.5. The number of hydrogen-bond donors (Lipinski definition) is 1. The van der Waals surface area contributed by atoms with E-state index in [0.29, 0.717) is 49.8 Å². The van der Waals surface area contributed by atoms with Crippen molar-refractivity contribution < 1.29 is 24.2 Å². The minimum atomic E-state index is -0.626. The number of hydrogen-bond acceptors (Lipinski definition) is 6. The monoisotopic (exact) mass is 1000 g/mol. The molecular weight excluding hydrogens is 877 g/mol. The second-order valence-electron chi connectivity index (χ2n) is 22.9. The SMILES string of the molecule is CCCCCCCCCCCCCCN(C(=O)CCCCN(C)C)C(CCCCCCCCC(=O)OCC(CCCC)CCCCCC)CCCCCCCCC(O)OCC(CCCC)CCCCCC. The molecule has 0 aliphatic carbocycles. The van der Waals surface area contributed by atoms with Gasteiger partial charge in [-0.3, -0.25) is 9.59 Å². The number of aliphatic hydroxyl groups is 1. The Kier molecular flexibility index (Phi) is 54.1. The van der Waals surface area contributed by atoms with Crippen molar-refractivity contribution in [1.29, 1.82) is 0 Å². The van der Waals surface area contributed by atoms with Crippen molar-refractivity contribution in [3.63, 3.8) is 0 Å². The van der Waals surface area contributed by atoms with Crippen LogP contribution in [0, 0.1) is 11.8 Å². The van der Waals surface area contributed by atoms with Crippen molar-refractivity contribution in [3.8, 4) is 0 Å². The lowest BCUT2D eigenvalue weighted by molar-refractivity contribution is -0.145. The highest BCUT2D eigenvalue weighted by molar-refractivity contribution is 5.76. The van der Waals surface area contributed by atoms with Crippen LogP contribution in [0.2, 0.25) is 0 Å². The van der Waals surface area contributed by atoms with Gasteiger partial charge in [0, 0.05) is 25.4 Å². The van der Waals surface area contributed by atoms with Crippen LogP contribution in [-0.4, -0.2) is 79.5 Å². The van der Waals surface area contributed by atoms with Gasteiger partial charge in [-0.1, -0.05) is 247 Å². The Morgan fingerprint density at radius 2 is 0.732 bits per heavy atom. The molecule has 0 aliphatic rings. The van der Waals surface area contributed by atoms with Crippen molar-refractivity contribution in [2.24, 2.45) is 11.8 Å². The lowest BCUT2D eigenvalue weighted by Crippen LogP contribution is -2.41. The average molecular weight is 1010 g/mol. The van der Waals surface area contributed by atoms with Gasteiger partial charge in [0.25, 0.3) is 0 Å². The van der Waals surface area contributed by atoms with Gasteiger partial charge in [0.15, 0.2) is 6.29 Å². The van der Waals surface area contributed by atoms with E-state index in [-0.39, 0.29) is 5.97 Å². The lowest BCUT2D eigenvalue weighted by Gasteiger charge is -2.33. The standard InChI is InChI=1S/C64H128N2O5/c1-8-13-18-21-22-23-24-25-26-31-36-44-56-66(62(67)52-43-45-55-65(6)7)61(50-39-32-27-29-34-41-53-63(68)70-57-59(46-16-11-4)48-37-19-14-9-2)51-40-33-28-30-35-42-54-64(69)71-58-60(47-17-12-5)49-38-20-15-10-3/h59-61,63,68H,8-58H2,1-7H3. The Morgan fingerprint density at radius 3 is 1.21 bits per heavy atom. The molecule has 0 saturated heterocycles. The lowest BCUT2D eigenvalue weighted by atomic mass is 9.96. The second-order valence-corrected chi connectivity index (χ2v) is 22.9. The van der Waals surface area contributed by atoms with Crippen LogP contribution in [0.1, 0.15) is 336 Å². The first-order valence-corrected chi connectivity index (χ1v) is 32.1. The maximum atomic E-state index is 14.1. The van der Waals surface area contributed by atoms with E-state index in [1.807, 2.05) is 0 Å². The predicted octanol–water partition coefficient (Wildman–Crippen LogP) is 19.3. The molecule has 7 nitrogen and oxygen atoms in total. The summed E-state index contributed by atoms with van der Waals surface area (Å²) in [6, 6.07) is 0.340. The molecule has 0 aliphatic heterocycles. The smallest absolute Gasteiger partial charge is 0.305 e. The Morgan fingerprint density at radius 1 is 0.380 bits per heavy atom. The summed E-state index contributed by atoms with van der Waals surface area (Å²) < 4.78 is 11.8. The van der Waals surface area contributed by atoms with Crippen molar-refractivity contribution in [3.05, 3.63) is 0 Å². The van der Waals surface area contributed by atoms with Gasteiger partial charge < -0.3 is 24.4 Å². The van der Waals surface area contributed by atoms with Crippen LogP contribution < -0.4 is 0 Å². The maximum absolute atomic E-state index is 14.1. The van der Waals surface area contributed by atoms with E-state index >= 15 is 0 Å². The van der Waals surface area contributed by atoms with Crippen LogP contribution in [0.3, 0.4) is 0 Å². The van der Waals surface area contributed by atoms with E-state index in [9.17, 15) is 14.7 Å². The molecule has 4 unspecified atom stereocenters. The fourth-order valence-corrected chi connectivity index (χ4v) is 10.6. The summed E-state index contributed by atoms with van der Waals surface area (Å²) in [5, 5.41) is 10.7. The first kappa shape index (κ1) is 69.8. The Bertz CT molecular complexity index is 1090. The summed E-state index contributed by atoms with van der Waals surface area (Å²) in [5.74, 6) is 1.51. The van der Waals surface area contributed by atoms with Gasteiger partial charge in [-0.25, -0.2) is 0 Å². The Balaban J connectivity index is 5.18. The quantitative estimate of drug-likeness (QED) is 0.0372. The third-order valence-corrected chi connectivity index (χ3v) is 15.5. The van der Waals surface area contributed by atoms with Gasteiger partial charge in [-0.05, 0) is 110 Å². The van der Waals surface area contributed by atoms with E-state index < -0.39 is 6.29 Å². The largest absolute Gasteiger partial charge is 0.465 e. The number of aliphatic hydroxyl groups excluding tert-OH is 1. The third kappa shape index (κ3) is 48.2. The number of unbranched alkanes of at least 4 members (excludes halogenated alkanes) is 30. The van der Waals surface area contributed by atoms with E-state index in [4.69, 9.17) is 9.47 Å². The molecule has 0 aromatic heterocycles. The van der Waals surface area contributed by atoms with Crippen molar-refractivity contribution in [1.82, 2.24) is 9.80 Å². The first-order valence-electron chi connectivity index (χ1n) is 32.1. The van der Waals surface area contributed by atoms with Crippen LogP contribution in [0.5, 0.6) is 0 Å². The molecule has 0 fully saturated rings. The molecule has 0 heterocycles. The Labute approximate surface area is 445 Å². The summed E-state index contributed by atoms with van der Waals surface area (Å²) in [4.78, 5) is 31.4. The summed E-state index contributed by atoms with van der Waals surface area (Å²) in [6.07, 6.45) is 55.5. The molecule has 1 N–H and O–H groups in total. The number of rotatable bonds is 58. The van der Waals surface area contributed by atoms with Crippen molar-refractivity contribution in [2.45, 2.75) is 349 Å². The fraction of sp³-hybridized carbons (Fsp3) is 0.969. The highest BCUT2D eigenvalue weighted by atomic mass is 16.6. The molecule has 0 rings (SSSR count). The molecule has 0 aromatic carbocycles. The van der Waals surface area contributed by atoms with Gasteiger partial charge in [0.05, 0.1) is 13.2 Å². The maximum Gasteiger partial charge on any atom is 0.305 e. The van der Waals surface area contributed by atoms with Crippen molar-refractivity contribution >= 4 is 11.9 Å². The molecular formula is C64H128N2O5. The molecule has 1 amide bonds. The summed E-state index contributed by atoms with van der Waals surface area (Å²) in [7, 11) is 4.26. The van der Waals surface area contributed by atoms with Crippen LogP contribution in [0.25, 0.3) is 0 Å². The summed E-state index contributed by atoms with van der Waals surface area (Å²) >= 11 is 0. The number of esters is 1. The molecule has 7 heteroatoms. The number of carbonyl (C=O) groups excluding carboxylic acids is 2. The first-order chi connectivity index (χ1) is 34.7. The molecule has 0 radical (unpaired) electrons. The van der Waals surface area contributed by atoms with Crippen LogP contribution in [0.4, 0.5) is 0 Å². The molecule has 0 saturated carbocycles. The van der Waals surface area contributed by atoms with Gasteiger partial charge >= 0.3 is 5.97 Å². The molecule has 0 spiro atoms. The average Bonchev–Trinajstić information content (AvgIpc) is 3.36. The van der Waals surface area contributed by atoms with Crippen LogP contribution in [0.15, 0.2) is 0 Å². The van der Waals surface area contributed by atoms with Crippen LogP contribution in [-0.2, 0) is 19.1 Å². The van der Waals surface area contributed by atoms with Gasteiger partial charge in [-0.15, -0.1) is 0 Å². The minimum absolute atomic E-state index is 0.000741. The molecule has 0 aromatic rings. The molecule has 0 bridgehead atoms. The fourth-order valence-electron chi connectivity index (χ4n) is 10.6. The minimum Gasteiger partial charge on any atom is -0.465 e. The Hall–Kier alpha value is -1.18. The zero-order valence-electron chi connectivity index (χ0n) is 49.3. The number of carbonyl (C=O) groups is 2. The van der Waals surface area contributed by atoms with Gasteiger partial charge in [-0.2, -0.15) is 0 Å². The van der Waals surface area contributed by atoms with E-state index in [0.717, 1.165) is 77.3 Å². The molecule has 424 valence electrons. The number of ether oxygens (including phenoxy) is 2. The number of nitrogens with zero attached hydrogens (tertiary/aromatic N) is 2. The van der Waals surface area contributed by atoms with E-state index in [2.05, 4.69) is 58.5 Å². The van der Waals surface area contributed by atoms with Crippen LogP contribution >= 0.6 is 0 Å². The van der Waals surface area contributed by atoms with Gasteiger partial charge in [0.2, 0.25) is 5.91 Å². The summed E-state index contributed by atoms with van der Waals surface area (Å²) in [5.41, 5.74) is 0. The van der Waals surface area contributed by atoms with Crippen molar-refractivity contribution in [2.75, 3.05) is 40.4 Å². The second kappa shape index (κ2) is 55.1. The third-order valence-electron chi connectivity index (χ3n) is 15.5. The zero-order chi connectivity index (χ0) is 52.1. The predicted molar refractivity (Wildman–Crippen MR) is 309 cm³/mol. The molecule has 4 atom stereocenters. The topological polar surface area (TPSA) is 79.3 Å². The summed E-state index contributed by atoms with van der Waals surface area (Å²) in [6.45, 7) is 14.6.